The molecule has 1 N–H and O–H groups in total. The highest BCUT2D eigenvalue weighted by molar-refractivity contribution is 7.33. The molecule has 1 rings (SSSR count). The second-order valence-corrected chi connectivity index (χ2v) is 1.98. The normalized spacial score (nSPS) is 22.6. The fourth-order valence-corrected chi connectivity index (χ4v) is 0.744. The summed E-state index contributed by atoms with van der Waals surface area (Å²) in [4.78, 5) is 0. The van der Waals surface area contributed by atoms with Crippen LogP contribution in [0.1, 0.15) is 0 Å². The first-order valence-electron chi connectivity index (χ1n) is 1.83. The molecule has 5 heteroatoms. The standard InChI is InChI=1S/C2H5NO3P/c4-7-5-1-3-2-6-7/h3H,1-2H2/q+1. The Morgan fingerprint density at radius 2 is 2.00 bits per heavy atom. The van der Waals surface area contributed by atoms with E-state index in [4.69, 9.17) is 0 Å². The smallest absolute Gasteiger partial charge is 0.263 e. The van der Waals surface area contributed by atoms with Crippen LogP contribution in [0, 0.1) is 0 Å². The summed E-state index contributed by atoms with van der Waals surface area (Å²) in [5.41, 5.74) is 0. The Bertz CT molecular complexity index is 77.0. The summed E-state index contributed by atoms with van der Waals surface area (Å²) in [7, 11) is -1.80. The number of nitrogens with one attached hydrogen (secondary N) is 1. The van der Waals surface area contributed by atoms with Crippen molar-refractivity contribution in [1.29, 1.82) is 0 Å². The van der Waals surface area contributed by atoms with Crippen LogP contribution >= 0.6 is 8.25 Å². The van der Waals surface area contributed by atoms with Gasteiger partial charge in [0, 0.05) is 4.57 Å². The fraction of sp³-hybridized carbons (Fsp3) is 1.00. The van der Waals surface area contributed by atoms with Crippen LogP contribution in [0.2, 0.25) is 0 Å². The molecule has 1 aliphatic heterocycles. The van der Waals surface area contributed by atoms with Gasteiger partial charge in [-0.15, -0.1) is 9.05 Å². The van der Waals surface area contributed by atoms with Crippen molar-refractivity contribution in [1.82, 2.24) is 5.32 Å². The zero-order chi connectivity index (χ0) is 5.11. The molecule has 1 aliphatic rings. The molecule has 4 nitrogen and oxygen atoms in total. The number of rotatable bonds is 0. The van der Waals surface area contributed by atoms with E-state index in [1.807, 2.05) is 0 Å². The van der Waals surface area contributed by atoms with E-state index in [2.05, 4.69) is 14.4 Å². The van der Waals surface area contributed by atoms with Gasteiger partial charge in [0.2, 0.25) is 0 Å². The van der Waals surface area contributed by atoms with Crippen LogP contribution in [-0.4, -0.2) is 13.5 Å². The lowest BCUT2D eigenvalue weighted by Crippen LogP contribution is -2.22. The van der Waals surface area contributed by atoms with Crippen molar-refractivity contribution in [2.45, 2.75) is 0 Å². The third-order valence-electron chi connectivity index (χ3n) is 0.544. The van der Waals surface area contributed by atoms with E-state index < -0.39 is 8.25 Å². The Morgan fingerprint density at radius 3 is 2.29 bits per heavy atom. The predicted octanol–water partition coefficient (Wildman–Crippen LogP) is 0.195. The Balaban J connectivity index is 2.25. The summed E-state index contributed by atoms with van der Waals surface area (Å²) in [6.45, 7) is 0.657. The Hall–Kier alpha value is -0.0200. The van der Waals surface area contributed by atoms with E-state index >= 15 is 0 Å². The molecule has 1 saturated heterocycles. The molecule has 0 saturated carbocycles. The molecule has 0 bridgehead atoms. The van der Waals surface area contributed by atoms with Crippen LogP contribution in [0.4, 0.5) is 0 Å². The van der Waals surface area contributed by atoms with E-state index in [0.29, 0.717) is 13.5 Å². The van der Waals surface area contributed by atoms with Crippen LogP contribution in [-0.2, 0) is 13.6 Å². The Morgan fingerprint density at radius 1 is 1.43 bits per heavy atom. The van der Waals surface area contributed by atoms with Crippen molar-refractivity contribution >= 4 is 8.25 Å². The number of hydrogen-bond donors (Lipinski definition) is 1. The van der Waals surface area contributed by atoms with Crippen molar-refractivity contribution in [3.8, 4) is 0 Å². The summed E-state index contributed by atoms with van der Waals surface area (Å²) < 4.78 is 19.0. The molecular formula is C2H5NO3P+. The molecule has 0 aliphatic carbocycles. The quantitative estimate of drug-likeness (QED) is 0.466. The largest absolute Gasteiger partial charge is 0.700 e. The maximum Gasteiger partial charge on any atom is 0.700 e. The maximum absolute atomic E-state index is 10.1. The monoisotopic (exact) mass is 122 g/mol. The minimum Gasteiger partial charge on any atom is -0.263 e. The average Bonchev–Trinajstić information content (AvgIpc) is 1.69. The molecule has 0 aromatic carbocycles. The van der Waals surface area contributed by atoms with Crippen molar-refractivity contribution < 1.29 is 13.6 Å². The highest BCUT2D eigenvalue weighted by Gasteiger charge is 2.23. The van der Waals surface area contributed by atoms with Gasteiger partial charge in [-0.3, -0.25) is 5.32 Å². The lowest BCUT2D eigenvalue weighted by Gasteiger charge is -1.97. The first-order chi connectivity index (χ1) is 3.39. The van der Waals surface area contributed by atoms with Gasteiger partial charge < -0.3 is 0 Å². The van der Waals surface area contributed by atoms with Gasteiger partial charge in [0.25, 0.3) is 0 Å². The van der Waals surface area contributed by atoms with Crippen LogP contribution in [0.5, 0.6) is 0 Å². The van der Waals surface area contributed by atoms with Gasteiger partial charge >= 0.3 is 8.25 Å². The lowest BCUT2D eigenvalue weighted by molar-refractivity contribution is 0.136. The lowest BCUT2D eigenvalue weighted by atomic mass is 11.1. The summed E-state index contributed by atoms with van der Waals surface area (Å²) in [5, 5.41) is 2.69. The molecule has 0 atom stereocenters. The fourth-order valence-electron chi connectivity index (χ4n) is 0.276. The molecule has 0 radical (unpaired) electrons. The molecule has 0 aromatic rings. The van der Waals surface area contributed by atoms with Crippen molar-refractivity contribution in [2.75, 3.05) is 13.5 Å². The van der Waals surface area contributed by atoms with E-state index in [9.17, 15) is 4.57 Å². The summed E-state index contributed by atoms with van der Waals surface area (Å²) in [6, 6.07) is 0. The molecule has 1 heterocycles. The van der Waals surface area contributed by atoms with E-state index in [1.54, 1.807) is 0 Å². The van der Waals surface area contributed by atoms with Gasteiger partial charge in [-0.2, -0.15) is 0 Å². The predicted molar refractivity (Wildman–Crippen MR) is 22.6 cm³/mol. The zero-order valence-corrected chi connectivity index (χ0v) is 4.48. The van der Waals surface area contributed by atoms with Crippen LogP contribution < -0.4 is 5.32 Å². The van der Waals surface area contributed by atoms with Crippen molar-refractivity contribution in [3.05, 3.63) is 0 Å². The molecule has 1 fully saturated rings. The van der Waals surface area contributed by atoms with Crippen molar-refractivity contribution in [3.63, 3.8) is 0 Å². The average molecular weight is 122 g/mol. The minimum atomic E-state index is -1.80. The molecule has 0 spiro atoms. The SMILES string of the molecule is O=[P+]1OCNCO1. The molecule has 0 amide bonds. The van der Waals surface area contributed by atoms with E-state index in [0.717, 1.165) is 0 Å². The third-order valence-corrected chi connectivity index (χ3v) is 1.22. The highest BCUT2D eigenvalue weighted by atomic mass is 31.1. The van der Waals surface area contributed by atoms with Gasteiger partial charge in [-0.1, -0.05) is 0 Å². The molecule has 0 aromatic heterocycles. The highest BCUT2D eigenvalue weighted by Crippen LogP contribution is 2.23. The first kappa shape index (κ1) is 5.12. The third kappa shape index (κ3) is 1.49. The van der Waals surface area contributed by atoms with Crippen LogP contribution in [0.15, 0.2) is 0 Å². The van der Waals surface area contributed by atoms with Crippen molar-refractivity contribution in [2.24, 2.45) is 0 Å². The Kier molecular flexibility index (Phi) is 1.70. The Labute approximate surface area is 41.8 Å². The number of hydrogen-bond acceptors (Lipinski definition) is 4. The summed E-state index contributed by atoms with van der Waals surface area (Å²) in [6.07, 6.45) is 0. The summed E-state index contributed by atoms with van der Waals surface area (Å²) in [5.74, 6) is 0. The van der Waals surface area contributed by atoms with Crippen LogP contribution in [0.25, 0.3) is 0 Å². The maximum atomic E-state index is 10.1. The molecule has 0 unspecified atom stereocenters. The van der Waals surface area contributed by atoms with Gasteiger partial charge in [-0.05, 0) is 0 Å². The van der Waals surface area contributed by atoms with Gasteiger partial charge in [0.05, 0.1) is 0 Å². The van der Waals surface area contributed by atoms with E-state index in [-0.39, 0.29) is 0 Å². The second-order valence-electron chi connectivity index (χ2n) is 1.02. The zero-order valence-electron chi connectivity index (χ0n) is 3.59. The molecule has 7 heavy (non-hydrogen) atoms. The second kappa shape index (κ2) is 2.33. The van der Waals surface area contributed by atoms with Gasteiger partial charge in [0.1, 0.15) is 0 Å². The molecule has 40 valence electrons. The van der Waals surface area contributed by atoms with Crippen LogP contribution in [0.3, 0.4) is 0 Å². The van der Waals surface area contributed by atoms with Gasteiger partial charge in [-0.25, -0.2) is 0 Å². The topological polar surface area (TPSA) is 47.6 Å². The van der Waals surface area contributed by atoms with Gasteiger partial charge in [0.15, 0.2) is 13.5 Å². The minimum absolute atomic E-state index is 0.329. The molecular weight excluding hydrogens is 117 g/mol. The first-order valence-corrected chi connectivity index (χ1v) is 2.93. The van der Waals surface area contributed by atoms with E-state index in [1.165, 1.54) is 0 Å². The summed E-state index contributed by atoms with van der Waals surface area (Å²) >= 11 is 0.